The van der Waals surface area contributed by atoms with Gasteiger partial charge in [0, 0.05) is 6.54 Å². The number of aliphatic hydroxyl groups excluding tert-OH is 1. The monoisotopic (exact) mass is 400 g/mol. The second-order valence-electron chi connectivity index (χ2n) is 8.67. The van der Waals surface area contributed by atoms with Crippen LogP contribution in [0.15, 0.2) is 72.8 Å². The van der Waals surface area contributed by atoms with Crippen LogP contribution >= 0.6 is 0 Å². The van der Waals surface area contributed by atoms with E-state index in [4.69, 9.17) is 9.72 Å². The predicted octanol–water partition coefficient (Wildman–Crippen LogP) is 5.47. The molecule has 1 atom stereocenters. The van der Waals surface area contributed by atoms with Crippen LogP contribution in [-0.2, 0) is 12.0 Å². The third kappa shape index (κ3) is 3.96. The maximum atomic E-state index is 11.1. The van der Waals surface area contributed by atoms with Gasteiger partial charge in [-0.1, -0.05) is 69.3 Å². The molecule has 4 nitrogen and oxygen atoms in total. The Morgan fingerprint density at radius 2 is 1.60 bits per heavy atom. The normalized spacial score (nSPS) is 12.8. The van der Waals surface area contributed by atoms with E-state index in [1.807, 2.05) is 42.5 Å². The minimum Gasteiger partial charge on any atom is -0.497 e. The Kier molecular flexibility index (Phi) is 5.35. The zero-order chi connectivity index (χ0) is 21.3. The SMILES string of the molecule is COc1ccc([C@@H](O)c2nc3ccccc3n2Cc2ccc(C(C)(C)C)cc2)cc1. The number of nitrogens with zero attached hydrogens (tertiary/aromatic N) is 2. The van der Waals surface area contributed by atoms with E-state index in [0.29, 0.717) is 12.4 Å². The molecule has 30 heavy (non-hydrogen) atoms. The molecular formula is C26H28N2O2. The van der Waals surface area contributed by atoms with E-state index >= 15 is 0 Å². The highest BCUT2D eigenvalue weighted by molar-refractivity contribution is 5.76. The first-order chi connectivity index (χ1) is 14.4. The van der Waals surface area contributed by atoms with Gasteiger partial charge in [-0.25, -0.2) is 4.98 Å². The third-order valence-corrected chi connectivity index (χ3v) is 5.52. The first-order valence-corrected chi connectivity index (χ1v) is 10.2. The van der Waals surface area contributed by atoms with Crippen LogP contribution in [0, 0.1) is 0 Å². The van der Waals surface area contributed by atoms with E-state index < -0.39 is 6.10 Å². The van der Waals surface area contributed by atoms with E-state index in [9.17, 15) is 5.11 Å². The van der Waals surface area contributed by atoms with Gasteiger partial charge in [-0.15, -0.1) is 0 Å². The molecule has 0 unspecified atom stereocenters. The number of benzene rings is 3. The van der Waals surface area contributed by atoms with Crippen molar-refractivity contribution < 1.29 is 9.84 Å². The van der Waals surface area contributed by atoms with E-state index in [2.05, 4.69) is 55.7 Å². The summed E-state index contributed by atoms with van der Waals surface area (Å²) in [5.74, 6) is 1.40. The van der Waals surface area contributed by atoms with Crippen molar-refractivity contribution in [3.63, 3.8) is 0 Å². The van der Waals surface area contributed by atoms with Crippen molar-refractivity contribution in [1.29, 1.82) is 0 Å². The van der Waals surface area contributed by atoms with Crippen LogP contribution in [0.3, 0.4) is 0 Å². The Balaban J connectivity index is 1.73. The maximum absolute atomic E-state index is 11.1. The molecule has 154 valence electrons. The molecule has 0 aliphatic rings. The number of rotatable bonds is 5. The summed E-state index contributed by atoms with van der Waals surface area (Å²) in [5, 5.41) is 11.1. The summed E-state index contributed by atoms with van der Waals surface area (Å²) in [7, 11) is 1.63. The molecule has 1 aromatic heterocycles. The lowest BCUT2D eigenvalue weighted by Gasteiger charge is -2.20. The minimum absolute atomic E-state index is 0.121. The van der Waals surface area contributed by atoms with Crippen molar-refractivity contribution >= 4 is 11.0 Å². The molecule has 0 saturated carbocycles. The molecule has 0 spiro atoms. The Morgan fingerprint density at radius 3 is 2.23 bits per heavy atom. The van der Waals surface area contributed by atoms with Gasteiger partial charge in [0.25, 0.3) is 0 Å². The summed E-state index contributed by atoms with van der Waals surface area (Å²) < 4.78 is 7.34. The highest BCUT2D eigenvalue weighted by atomic mass is 16.5. The number of para-hydroxylation sites is 2. The van der Waals surface area contributed by atoms with Gasteiger partial charge in [0.1, 0.15) is 17.7 Å². The number of aliphatic hydroxyl groups is 1. The van der Waals surface area contributed by atoms with Gasteiger partial charge in [-0.05, 0) is 46.4 Å². The first kappa shape index (κ1) is 20.2. The van der Waals surface area contributed by atoms with E-state index in [1.165, 1.54) is 11.1 Å². The molecular weight excluding hydrogens is 372 g/mol. The van der Waals surface area contributed by atoms with Crippen molar-refractivity contribution in [2.75, 3.05) is 7.11 Å². The Morgan fingerprint density at radius 1 is 0.933 bits per heavy atom. The van der Waals surface area contributed by atoms with Crippen LogP contribution < -0.4 is 4.74 Å². The quantitative estimate of drug-likeness (QED) is 0.483. The van der Waals surface area contributed by atoms with Gasteiger partial charge in [-0.3, -0.25) is 0 Å². The molecule has 3 aromatic carbocycles. The highest BCUT2D eigenvalue weighted by Crippen LogP contribution is 2.28. The Labute approximate surface area is 177 Å². The molecule has 4 heteroatoms. The molecule has 0 amide bonds. The maximum Gasteiger partial charge on any atom is 0.143 e. The number of hydrogen-bond donors (Lipinski definition) is 1. The smallest absolute Gasteiger partial charge is 0.143 e. The summed E-state index contributed by atoms with van der Waals surface area (Å²) in [6.45, 7) is 7.30. The summed E-state index contributed by atoms with van der Waals surface area (Å²) in [6.07, 6.45) is -0.822. The van der Waals surface area contributed by atoms with Gasteiger partial charge in [0.2, 0.25) is 0 Å². The summed E-state index contributed by atoms with van der Waals surface area (Å²) in [4.78, 5) is 4.77. The second kappa shape index (κ2) is 7.96. The average Bonchev–Trinajstić information content (AvgIpc) is 3.11. The van der Waals surface area contributed by atoms with E-state index in [0.717, 1.165) is 22.3 Å². The Bertz CT molecular complexity index is 1140. The number of hydrogen-bond acceptors (Lipinski definition) is 3. The van der Waals surface area contributed by atoms with Gasteiger partial charge in [-0.2, -0.15) is 0 Å². The molecule has 0 radical (unpaired) electrons. The van der Waals surface area contributed by atoms with E-state index in [1.54, 1.807) is 7.11 Å². The molecule has 0 aliphatic heterocycles. The summed E-state index contributed by atoms with van der Waals surface area (Å²) >= 11 is 0. The standard InChI is InChI=1S/C26H28N2O2/c1-26(2,3)20-13-9-18(10-14-20)17-28-23-8-6-5-7-22(23)27-25(28)24(29)19-11-15-21(30-4)16-12-19/h5-16,24,29H,17H2,1-4H3/t24-/m1/s1. The van der Waals surface area contributed by atoms with Crippen LogP contribution in [0.5, 0.6) is 5.75 Å². The van der Waals surface area contributed by atoms with Crippen molar-refractivity contribution in [2.45, 2.75) is 38.8 Å². The fourth-order valence-electron chi connectivity index (χ4n) is 3.70. The average molecular weight is 401 g/mol. The lowest BCUT2D eigenvalue weighted by atomic mass is 9.87. The number of aromatic nitrogens is 2. The van der Waals surface area contributed by atoms with Crippen molar-refractivity contribution in [3.8, 4) is 5.75 Å². The molecule has 0 aliphatic carbocycles. The fraction of sp³-hybridized carbons (Fsp3) is 0.269. The molecule has 0 bridgehead atoms. The topological polar surface area (TPSA) is 47.3 Å². The fourth-order valence-corrected chi connectivity index (χ4v) is 3.70. The van der Waals surface area contributed by atoms with Crippen LogP contribution in [-0.4, -0.2) is 21.8 Å². The molecule has 0 fully saturated rings. The number of methoxy groups -OCH3 is 1. The lowest BCUT2D eigenvalue weighted by molar-refractivity contribution is 0.206. The first-order valence-electron chi connectivity index (χ1n) is 10.2. The van der Waals surface area contributed by atoms with Crippen LogP contribution in [0.4, 0.5) is 0 Å². The lowest BCUT2D eigenvalue weighted by Crippen LogP contribution is -2.12. The summed E-state index contributed by atoms with van der Waals surface area (Å²) in [6, 6.07) is 24.2. The molecule has 4 rings (SSSR count). The van der Waals surface area contributed by atoms with Crippen molar-refractivity contribution in [1.82, 2.24) is 9.55 Å². The summed E-state index contributed by atoms with van der Waals surface area (Å²) in [5.41, 5.74) is 5.28. The molecule has 0 saturated heterocycles. The minimum atomic E-state index is -0.822. The van der Waals surface area contributed by atoms with Gasteiger partial charge in [0.15, 0.2) is 0 Å². The molecule has 4 aromatic rings. The van der Waals surface area contributed by atoms with Crippen molar-refractivity contribution in [2.24, 2.45) is 0 Å². The number of fused-ring (bicyclic) bond motifs is 1. The Hall–Kier alpha value is -3.11. The molecule has 1 N–H and O–H groups in total. The van der Waals surface area contributed by atoms with Gasteiger partial charge < -0.3 is 14.4 Å². The van der Waals surface area contributed by atoms with Gasteiger partial charge >= 0.3 is 0 Å². The van der Waals surface area contributed by atoms with Crippen LogP contribution in [0.25, 0.3) is 11.0 Å². The second-order valence-corrected chi connectivity index (χ2v) is 8.67. The van der Waals surface area contributed by atoms with Crippen LogP contribution in [0.1, 0.15) is 49.4 Å². The number of imidazole rings is 1. The van der Waals surface area contributed by atoms with Gasteiger partial charge in [0.05, 0.1) is 18.1 Å². The largest absolute Gasteiger partial charge is 0.497 e. The zero-order valence-corrected chi connectivity index (χ0v) is 18.0. The number of ether oxygens (including phenoxy) is 1. The molecule has 1 heterocycles. The highest BCUT2D eigenvalue weighted by Gasteiger charge is 2.20. The van der Waals surface area contributed by atoms with Crippen LogP contribution in [0.2, 0.25) is 0 Å². The zero-order valence-electron chi connectivity index (χ0n) is 18.0. The van der Waals surface area contributed by atoms with Crippen molar-refractivity contribution in [3.05, 3.63) is 95.3 Å². The van der Waals surface area contributed by atoms with E-state index in [-0.39, 0.29) is 5.41 Å². The third-order valence-electron chi connectivity index (χ3n) is 5.52. The predicted molar refractivity (Wildman–Crippen MR) is 121 cm³/mol.